The Balaban J connectivity index is 2.01. The molecule has 0 radical (unpaired) electrons. The number of nitriles is 1. The van der Waals surface area contributed by atoms with Crippen LogP contribution in [0.1, 0.15) is 5.56 Å². The Morgan fingerprint density at radius 2 is 1.95 bits per heavy atom. The molecular weight excluding hydrogens is 270 g/mol. The number of hydrogen-bond donors (Lipinski definition) is 1. The molecule has 0 fully saturated rings. The molecule has 0 atom stereocenters. The zero-order valence-electron chi connectivity index (χ0n) is 10.5. The van der Waals surface area contributed by atoms with Crippen LogP contribution in [0.3, 0.4) is 0 Å². The van der Waals surface area contributed by atoms with Crippen LogP contribution in [-0.2, 0) is 0 Å². The van der Waals surface area contributed by atoms with E-state index in [0.717, 1.165) is 16.6 Å². The lowest BCUT2D eigenvalue weighted by atomic mass is 10.1. The van der Waals surface area contributed by atoms with Gasteiger partial charge in [-0.25, -0.2) is 0 Å². The number of nitrogens with one attached hydrogen (secondary N) is 1. The fraction of sp³-hybridized carbons (Fsp3) is 0. The van der Waals surface area contributed by atoms with Crippen molar-refractivity contribution in [1.29, 1.82) is 5.26 Å². The van der Waals surface area contributed by atoms with Crippen LogP contribution < -0.4 is 5.32 Å². The molecular formula is C16H10ClN3. The highest BCUT2D eigenvalue weighted by molar-refractivity contribution is 6.30. The Labute approximate surface area is 121 Å². The van der Waals surface area contributed by atoms with Gasteiger partial charge in [0.05, 0.1) is 28.7 Å². The number of hydrogen-bond acceptors (Lipinski definition) is 3. The lowest BCUT2D eigenvalue weighted by molar-refractivity contribution is 1.39. The quantitative estimate of drug-likeness (QED) is 0.751. The molecule has 0 aliphatic carbocycles. The molecule has 1 N–H and O–H groups in total. The SMILES string of the molecule is N#Cc1ccc(Cl)cc1Nc1cnc2ccccc2c1. The second-order valence-corrected chi connectivity index (χ2v) is 4.78. The van der Waals surface area contributed by atoms with Gasteiger partial charge in [-0.3, -0.25) is 4.98 Å². The molecule has 0 aliphatic heterocycles. The second kappa shape index (κ2) is 5.20. The van der Waals surface area contributed by atoms with Gasteiger partial charge in [-0.1, -0.05) is 29.8 Å². The second-order valence-electron chi connectivity index (χ2n) is 4.34. The van der Waals surface area contributed by atoms with Crippen molar-refractivity contribution in [3.05, 3.63) is 65.3 Å². The zero-order valence-corrected chi connectivity index (χ0v) is 11.2. The first-order chi connectivity index (χ1) is 9.76. The molecule has 0 amide bonds. The molecule has 0 aliphatic rings. The van der Waals surface area contributed by atoms with Gasteiger partial charge >= 0.3 is 0 Å². The largest absolute Gasteiger partial charge is 0.353 e. The monoisotopic (exact) mass is 279 g/mol. The molecule has 1 aromatic heterocycles. The molecule has 0 bridgehead atoms. The molecule has 3 aromatic rings. The van der Waals surface area contributed by atoms with Crippen molar-refractivity contribution in [1.82, 2.24) is 4.98 Å². The van der Waals surface area contributed by atoms with Crippen LogP contribution in [0.2, 0.25) is 5.02 Å². The van der Waals surface area contributed by atoms with Gasteiger partial charge in [0.2, 0.25) is 0 Å². The summed E-state index contributed by atoms with van der Waals surface area (Å²) in [5, 5.41) is 13.9. The molecule has 0 saturated carbocycles. The summed E-state index contributed by atoms with van der Waals surface area (Å²) in [5.41, 5.74) is 2.98. The van der Waals surface area contributed by atoms with Crippen LogP contribution in [0.4, 0.5) is 11.4 Å². The maximum atomic E-state index is 9.11. The van der Waals surface area contributed by atoms with Crippen molar-refractivity contribution in [2.24, 2.45) is 0 Å². The highest BCUT2D eigenvalue weighted by atomic mass is 35.5. The Bertz CT molecular complexity index is 821. The van der Waals surface area contributed by atoms with Gasteiger partial charge in [0, 0.05) is 10.4 Å². The number of anilines is 2. The molecule has 0 saturated heterocycles. The van der Waals surface area contributed by atoms with E-state index in [4.69, 9.17) is 16.9 Å². The summed E-state index contributed by atoms with van der Waals surface area (Å²) < 4.78 is 0. The van der Waals surface area contributed by atoms with Crippen LogP contribution >= 0.6 is 11.6 Å². The normalized spacial score (nSPS) is 10.2. The first-order valence-corrected chi connectivity index (χ1v) is 6.45. The van der Waals surface area contributed by atoms with Crippen molar-refractivity contribution in [2.45, 2.75) is 0 Å². The Morgan fingerprint density at radius 1 is 1.10 bits per heavy atom. The van der Waals surface area contributed by atoms with Crippen LogP contribution in [0.25, 0.3) is 10.9 Å². The first kappa shape index (κ1) is 12.5. The Hall–Kier alpha value is -2.57. The average molecular weight is 280 g/mol. The van der Waals surface area contributed by atoms with Gasteiger partial charge in [0.25, 0.3) is 0 Å². The molecule has 4 heteroatoms. The summed E-state index contributed by atoms with van der Waals surface area (Å²) in [6, 6.07) is 17.1. The number of para-hydroxylation sites is 1. The standard InChI is InChI=1S/C16H10ClN3/c17-13-6-5-12(9-18)16(8-13)20-14-7-11-3-1-2-4-15(11)19-10-14/h1-8,10,20H. The van der Waals surface area contributed by atoms with Crippen molar-refractivity contribution in [3.63, 3.8) is 0 Å². The van der Waals surface area contributed by atoms with Gasteiger partial charge in [-0.2, -0.15) is 5.26 Å². The van der Waals surface area contributed by atoms with E-state index >= 15 is 0 Å². The van der Waals surface area contributed by atoms with E-state index < -0.39 is 0 Å². The van der Waals surface area contributed by atoms with E-state index in [1.807, 2.05) is 30.3 Å². The summed E-state index contributed by atoms with van der Waals surface area (Å²) in [6.07, 6.45) is 1.74. The van der Waals surface area contributed by atoms with Gasteiger partial charge in [0.1, 0.15) is 6.07 Å². The summed E-state index contributed by atoms with van der Waals surface area (Å²) in [7, 11) is 0. The first-order valence-electron chi connectivity index (χ1n) is 6.08. The number of halogens is 1. The summed E-state index contributed by atoms with van der Waals surface area (Å²) in [6.45, 7) is 0. The van der Waals surface area contributed by atoms with Gasteiger partial charge in [0.15, 0.2) is 0 Å². The van der Waals surface area contributed by atoms with Crippen LogP contribution in [0.5, 0.6) is 0 Å². The molecule has 20 heavy (non-hydrogen) atoms. The minimum absolute atomic E-state index is 0.544. The Morgan fingerprint density at radius 3 is 2.80 bits per heavy atom. The van der Waals surface area contributed by atoms with Crippen molar-refractivity contribution < 1.29 is 0 Å². The minimum atomic E-state index is 0.544. The third kappa shape index (κ3) is 2.42. The molecule has 2 aromatic carbocycles. The highest BCUT2D eigenvalue weighted by Gasteiger charge is 2.04. The minimum Gasteiger partial charge on any atom is -0.353 e. The predicted molar refractivity (Wildman–Crippen MR) is 81.2 cm³/mol. The summed E-state index contributed by atoms with van der Waals surface area (Å²) in [4.78, 5) is 4.38. The van der Waals surface area contributed by atoms with Crippen LogP contribution in [0.15, 0.2) is 54.7 Å². The van der Waals surface area contributed by atoms with Gasteiger partial charge in [-0.05, 0) is 30.3 Å². The number of rotatable bonds is 2. The fourth-order valence-corrected chi connectivity index (χ4v) is 2.18. The van der Waals surface area contributed by atoms with E-state index in [2.05, 4.69) is 16.4 Å². The summed E-state index contributed by atoms with van der Waals surface area (Å²) >= 11 is 5.97. The molecule has 0 unspecified atom stereocenters. The molecule has 1 heterocycles. The topological polar surface area (TPSA) is 48.7 Å². The van der Waals surface area contributed by atoms with E-state index in [9.17, 15) is 0 Å². The highest BCUT2D eigenvalue weighted by Crippen LogP contribution is 2.25. The lowest BCUT2D eigenvalue weighted by Gasteiger charge is -2.09. The van der Waals surface area contributed by atoms with E-state index in [1.165, 1.54) is 0 Å². The van der Waals surface area contributed by atoms with Crippen LogP contribution in [-0.4, -0.2) is 4.98 Å². The number of fused-ring (bicyclic) bond motifs is 1. The fourth-order valence-electron chi connectivity index (χ4n) is 2.01. The smallest absolute Gasteiger partial charge is 0.101 e. The lowest BCUT2D eigenvalue weighted by Crippen LogP contribution is -1.94. The maximum absolute atomic E-state index is 9.11. The van der Waals surface area contributed by atoms with Crippen molar-refractivity contribution in [3.8, 4) is 6.07 Å². The maximum Gasteiger partial charge on any atom is 0.101 e. The molecule has 96 valence electrons. The van der Waals surface area contributed by atoms with Gasteiger partial charge in [-0.15, -0.1) is 0 Å². The molecule has 3 rings (SSSR count). The molecule has 3 nitrogen and oxygen atoms in total. The summed E-state index contributed by atoms with van der Waals surface area (Å²) in [5.74, 6) is 0. The van der Waals surface area contributed by atoms with Crippen LogP contribution in [0, 0.1) is 11.3 Å². The predicted octanol–water partition coefficient (Wildman–Crippen LogP) is 4.50. The molecule has 0 spiro atoms. The third-order valence-corrected chi connectivity index (χ3v) is 3.21. The number of nitrogens with zero attached hydrogens (tertiary/aromatic N) is 2. The Kier molecular flexibility index (Phi) is 3.24. The van der Waals surface area contributed by atoms with E-state index in [1.54, 1.807) is 24.4 Å². The third-order valence-electron chi connectivity index (χ3n) is 2.97. The van der Waals surface area contributed by atoms with E-state index in [0.29, 0.717) is 16.3 Å². The average Bonchev–Trinajstić information content (AvgIpc) is 2.47. The number of aromatic nitrogens is 1. The zero-order chi connectivity index (χ0) is 13.9. The number of pyridine rings is 1. The van der Waals surface area contributed by atoms with Crippen molar-refractivity contribution >= 4 is 33.9 Å². The van der Waals surface area contributed by atoms with E-state index in [-0.39, 0.29) is 0 Å². The van der Waals surface area contributed by atoms with Crippen molar-refractivity contribution in [2.75, 3.05) is 5.32 Å². The number of benzene rings is 2. The van der Waals surface area contributed by atoms with Gasteiger partial charge < -0.3 is 5.32 Å².